The highest BCUT2D eigenvalue weighted by molar-refractivity contribution is 4.77. The third-order valence-corrected chi connectivity index (χ3v) is 3.28. The van der Waals surface area contributed by atoms with Gasteiger partial charge >= 0.3 is 0 Å². The van der Waals surface area contributed by atoms with E-state index in [2.05, 4.69) is 17.3 Å². The molecule has 0 aliphatic carbocycles. The van der Waals surface area contributed by atoms with Crippen LogP contribution in [0, 0.1) is 0 Å². The van der Waals surface area contributed by atoms with Gasteiger partial charge in [-0.2, -0.15) is 5.10 Å². The summed E-state index contributed by atoms with van der Waals surface area (Å²) in [6.07, 6.45) is 15.0. The van der Waals surface area contributed by atoms with Crippen LogP contribution in [0.1, 0.15) is 58.3 Å². The fraction of sp³-hybridized carbons (Fsp3) is 0.800. The molecule has 104 valence electrons. The zero-order valence-electron chi connectivity index (χ0n) is 11.9. The van der Waals surface area contributed by atoms with Crippen LogP contribution in [0.15, 0.2) is 18.5 Å². The molecule has 1 heterocycles. The molecule has 3 heteroatoms. The van der Waals surface area contributed by atoms with Crippen LogP contribution < -0.4 is 5.32 Å². The Labute approximate surface area is 112 Å². The predicted molar refractivity (Wildman–Crippen MR) is 77.7 cm³/mol. The minimum Gasteiger partial charge on any atom is -0.315 e. The standard InChI is InChI=1S/C15H29N3/c1-2-3-4-5-6-7-8-9-11-16-13-15-18-14-10-12-17-18/h10,12,14,16H,2-9,11,13,15H2,1H3. The van der Waals surface area contributed by atoms with Crippen molar-refractivity contribution in [2.24, 2.45) is 0 Å². The van der Waals surface area contributed by atoms with Crippen LogP contribution in [0.5, 0.6) is 0 Å². The molecule has 0 saturated heterocycles. The van der Waals surface area contributed by atoms with Crippen LogP contribution in [-0.4, -0.2) is 22.9 Å². The summed E-state index contributed by atoms with van der Waals surface area (Å²) in [5.74, 6) is 0. The smallest absolute Gasteiger partial charge is 0.0533 e. The Bertz CT molecular complexity index is 257. The second kappa shape index (κ2) is 11.3. The number of hydrogen-bond acceptors (Lipinski definition) is 2. The van der Waals surface area contributed by atoms with Crippen molar-refractivity contribution >= 4 is 0 Å². The number of rotatable bonds is 12. The molecule has 1 aromatic rings. The molecule has 0 radical (unpaired) electrons. The van der Waals surface area contributed by atoms with E-state index in [0.717, 1.165) is 19.6 Å². The average molecular weight is 251 g/mol. The summed E-state index contributed by atoms with van der Waals surface area (Å²) in [6, 6.07) is 1.97. The molecule has 18 heavy (non-hydrogen) atoms. The van der Waals surface area contributed by atoms with E-state index in [4.69, 9.17) is 0 Å². The van der Waals surface area contributed by atoms with Crippen LogP contribution in [0.25, 0.3) is 0 Å². The Hall–Kier alpha value is -0.830. The topological polar surface area (TPSA) is 29.9 Å². The zero-order chi connectivity index (χ0) is 12.9. The van der Waals surface area contributed by atoms with E-state index in [1.807, 2.05) is 23.1 Å². The first-order valence-corrected chi connectivity index (χ1v) is 7.61. The SMILES string of the molecule is CCCCCCCCCCNCCn1cccn1. The minimum absolute atomic E-state index is 0.976. The van der Waals surface area contributed by atoms with E-state index in [1.54, 1.807) is 0 Å². The molecule has 1 rings (SSSR count). The Morgan fingerprint density at radius 1 is 0.944 bits per heavy atom. The predicted octanol–water partition coefficient (Wildman–Crippen LogP) is 3.61. The molecule has 0 fully saturated rings. The van der Waals surface area contributed by atoms with E-state index in [9.17, 15) is 0 Å². The molecule has 1 N–H and O–H groups in total. The normalized spacial score (nSPS) is 10.9. The van der Waals surface area contributed by atoms with Gasteiger partial charge in [-0.15, -0.1) is 0 Å². The zero-order valence-corrected chi connectivity index (χ0v) is 11.9. The fourth-order valence-electron chi connectivity index (χ4n) is 2.14. The third-order valence-electron chi connectivity index (χ3n) is 3.28. The van der Waals surface area contributed by atoms with Gasteiger partial charge in [-0.05, 0) is 19.0 Å². The maximum Gasteiger partial charge on any atom is 0.0533 e. The number of unbranched alkanes of at least 4 members (excludes halogenated alkanes) is 7. The van der Waals surface area contributed by atoms with Gasteiger partial charge in [-0.1, -0.05) is 51.9 Å². The third kappa shape index (κ3) is 8.29. The molecule has 3 nitrogen and oxygen atoms in total. The lowest BCUT2D eigenvalue weighted by molar-refractivity contribution is 0.524. The molecular weight excluding hydrogens is 222 g/mol. The van der Waals surface area contributed by atoms with Crippen molar-refractivity contribution in [2.45, 2.75) is 64.8 Å². The molecule has 1 aromatic heterocycles. The second-order valence-electron chi connectivity index (χ2n) is 4.99. The van der Waals surface area contributed by atoms with Gasteiger partial charge < -0.3 is 5.32 Å². The van der Waals surface area contributed by atoms with Gasteiger partial charge in [-0.25, -0.2) is 0 Å². The molecule has 0 amide bonds. The summed E-state index contributed by atoms with van der Waals surface area (Å²) in [4.78, 5) is 0. The lowest BCUT2D eigenvalue weighted by Gasteiger charge is -2.05. The summed E-state index contributed by atoms with van der Waals surface area (Å²) >= 11 is 0. The van der Waals surface area contributed by atoms with Crippen molar-refractivity contribution in [3.8, 4) is 0 Å². The molecule has 0 bridgehead atoms. The van der Waals surface area contributed by atoms with Crippen molar-refractivity contribution < 1.29 is 0 Å². The first-order valence-electron chi connectivity index (χ1n) is 7.61. The molecule has 0 aliphatic rings. The van der Waals surface area contributed by atoms with Crippen LogP contribution in [0.3, 0.4) is 0 Å². The highest BCUT2D eigenvalue weighted by Gasteiger charge is 1.93. The van der Waals surface area contributed by atoms with Gasteiger partial charge in [-0.3, -0.25) is 4.68 Å². The van der Waals surface area contributed by atoms with Gasteiger partial charge in [0.15, 0.2) is 0 Å². The van der Waals surface area contributed by atoms with Crippen molar-refractivity contribution in [1.82, 2.24) is 15.1 Å². The number of hydrogen-bond donors (Lipinski definition) is 1. The quantitative estimate of drug-likeness (QED) is 0.575. The highest BCUT2D eigenvalue weighted by atomic mass is 15.3. The Balaban J connectivity index is 1.73. The summed E-state index contributed by atoms with van der Waals surface area (Å²) in [7, 11) is 0. The number of aromatic nitrogens is 2. The second-order valence-corrected chi connectivity index (χ2v) is 4.99. The van der Waals surface area contributed by atoms with Crippen molar-refractivity contribution in [2.75, 3.05) is 13.1 Å². The lowest BCUT2D eigenvalue weighted by atomic mass is 10.1. The molecule has 0 saturated carbocycles. The van der Waals surface area contributed by atoms with Gasteiger partial charge in [0.05, 0.1) is 6.54 Å². The monoisotopic (exact) mass is 251 g/mol. The van der Waals surface area contributed by atoms with Gasteiger partial charge in [0.25, 0.3) is 0 Å². The largest absolute Gasteiger partial charge is 0.315 e. The first kappa shape index (κ1) is 15.2. The maximum atomic E-state index is 4.18. The van der Waals surface area contributed by atoms with Crippen LogP contribution in [0.4, 0.5) is 0 Å². The first-order chi connectivity index (χ1) is 8.93. The summed E-state index contributed by atoms with van der Waals surface area (Å²) in [5, 5.41) is 7.65. The number of nitrogens with one attached hydrogen (secondary N) is 1. The fourth-order valence-corrected chi connectivity index (χ4v) is 2.14. The Kier molecular flexibility index (Phi) is 9.54. The van der Waals surface area contributed by atoms with Crippen LogP contribution in [0.2, 0.25) is 0 Å². The maximum absolute atomic E-state index is 4.18. The Morgan fingerprint density at radius 3 is 2.33 bits per heavy atom. The molecular formula is C15H29N3. The lowest BCUT2D eigenvalue weighted by Crippen LogP contribution is -2.21. The van der Waals surface area contributed by atoms with E-state index in [0.29, 0.717) is 0 Å². The average Bonchev–Trinajstić information content (AvgIpc) is 2.89. The summed E-state index contributed by atoms with van der Waals surface area (Å²) < 4.78 is 1.97. The van der Waals surface area contributed by atoms with Crippen LogP contribution in [-0.2, 0) is 6.54 Å². The van der Waals surface area contributed by atoms with Crippen molar-refractivity contribution in [3.05, 3.63) is 18.5 Å². The number of nitrogens with zero attached hydrogens (tertiary/aromatic N) is 2. The van der Waals surface area contributed by atoms with E-state index < -0.39 is 0 Å². The van der Waals surface area contributed by atoms with Crippen molar-refractivity contribution in [1.29, 1.82) is 0 Å². The molecule has 0 spiro atoms. The van der Waals surface area contributed by atoms with E-state index >= 15 is 0 Å². The molecule has 0 unspecified atom stereocenters. The summed E-state index contributed by atoms with van der Waals surface area (Å²) in [6.45, 7) is 5.42. The van der Waals surface area contributed by atoms with Gasteiger partial charge in [0.2, 0.25) is 0 Å². The van der Waals surface area contributed by atoms with Crippen molar-refractivity contribution in [3.63, 3.8) is 0 Å². The van der Waals surface area contributed by atoms with E-state index in [1.165, 1.54) is 51.4 Å². The van der Waals surface area contributed by atoms with Gasteiger partial charge in [0, 0.05) is 18.9 Å². The molecule has 0 atom stereocenters. The molecule has 0 aliphatic heterocycles. The van der Waals surface area contributed by atoms with Gasteiger partial charge in [0.1, 0.15) is 0 Å². The Morgan fingerprint density at radius 2 is 1.67 bits per heavy atom. The van der Waals surface area contributed by atoms with E-state index in [-0.39, 0.29) is 0 Å². The molecule has 0 aromatic carbocycles. The van der Waals surface area contributed by atoms with Crippen LogP contribution >= 0.6 is 0 Å². The minimum atomic E-state index is 0.976. The highest BCUT2D eigenvalue weighted by Crippen LogP contribution is 2.07. The summed E-state index contributed by atoms with van der Waals surface area (Å²) in [5.41, 5.74) is 0.